The first kappa shape index (κ1) is 18.3. The number of esters is 1. The molecule has 0 amide bonds. The highest BCUT2D eigenvalue weighted by Crippen LogP contribution is 2.19. The van der Waals surface area contributed by atoms with E-state index >= 15 is 0 Å². The molecule has 1 aliphatic heterocycles. The number of hydrogen-bond donors (Lipinski definition) is 1. The molecule has 1 N–H and O–H groups in total. The minimum absolute atomic E-state index is 0.0194. The van der Waals surface area contributed by atoms with E-state index < -0.39 is 0 Å². The zero-order valence-electron chi connectivity index (χ0n) is 15.5. The Morgan fingerprint density at radius 2 is 1.83 bits per heavy atom. The monoisotopic (exact) mass is 331 g/mol. The molecule has 5 heteroatoms. The summed E-state index contributed by atoms with van der Waals surface area (Å²) >= 11 is 0. The van der Waals surface area contributed by atoms with Crippen LogP contribution in [-0.2, 0) is 16.1 Å². The SMILES string of the molecule is CN=C(NCc1c(C)cc(C)cc1C)N1CCC(C(=O)OC)CC1. The average molecular weight is 331 g/mol. The molecule has 0 radical (unpaired) electrons. The topological polar surface area (TPSA) is 53.9 Å². The Labute approximate surface area is 145 Å². The van der Waals surface area contributed by atoms with E-state index in [1.165, 1.54) is 29.4 Å². The number of nitrogens with one attached hydrogen (secondary N) is 1. The lowest BCUT2D eigenvalue weighted by Crippen LogP contribution is -2.46. The normalized spacial score (nSPS) is 16.2. The number of likely N-dealkylation sites (tertiary alicyclic amines) is 1. The van der Waals surface area contributed by atoms with Crippen LogP contribution in [-0.4, -0.2) is 44.1 Å². The van der Waals surface area contributed by atoms with Gasteiger partial charge < -0.3 is 15.0 Å². The van der Waals surface area contributed by atoms with Crippen molar-refractivity contribution < 1.29 is 9.53 Å². The number of ether oxygens (including phenoxy) is 1. The predicted octanol–water partition coefficient (Wildman–Crippen LogP) is 2.57. The van der Waals surface area contributed by atoms with Crippen molar-refractivity contribution >= 4 is 11.9 Å². The van der Waals surface area contributed by atoms with Crippen LogP contribution in [0, 0.1) is 26.7 Å². The number of aryl methyl sites for hydroxylation is 3. The highest BCUT2D eigenvalue weighted by atomic mass is 16.5. The number of carbonyl (C=O) groups is 1. The van der Waals surface area contributed by atoms with Crippen LogP contribution in [0.15, 0.2) is 17.1 Å². The molecule has 1 fully saturated rings. The Morgan fingerprint density at radius 3 is 2.33 bits per heavy atom. The fourth-order valence-corrected chi connectivity index (χ4v) is 3.48. The Balaban J connectivity index is 1.96. The molecule has 132 valence electrons. The lowest BCUT2D eigenvalue weighted by Gasteiger charge is -2.33. The van der Waals surface area contributed by atoms with Gasteiger partial charge in [0.25, 0.3) is 0 Å². The van der Waals surface area contributed by atoms with E-state index in [0.29, 0.717) is 0 Å². The van der Waals surface area contributed by atoms with Gasteiger partial charge in [-0.25, -0.2) is 0 Å². The number of hydrogen-bond acceptors (Lipinski definition) is 3. The van der Waals surface area contributed by atoms with E-state index in [9.17, 15) is 4.79 Å². The van der Waals surface area contributed by atoms with E-state index in [4.69, 9.17) is 4.74 Å². The first-order valence-corrected chi connectivity index (χ1v) is 8.56. The second-order valence-corrected chi connectivity index (χ2v) is 6.56. The quantitative estimate of drug-likeness (QED) is 0.525. The van der Waals surface area contributed by atoms with Crippen LogP contribution in [0.5, 0.6) is 0 Å². The van der Waals surface area contributed by atoms with Gasteiger partial charge in [-0.1, -0.05) is 17.7 Å². The maximum Gasteiger partial charge on any atom is 0.308 e. The molecule has 0 atom stereocenters. The highest BCUT2D eigenvalue weighted by molar-refractivity contribution is 5.80. The Hall–Kier alpha value is -2.04. The van der Waals surface area contributed by atoms with Crippen molar-refractivity contribution in [3.8, 4) is 0 Å². The van der Waals surface area contributed by atoms with Crippen LogP contribution in [0.1, 0.15) is 35.1 Å². The van der Waals surface area contributed by atoms with Gasteiger partial charge in [0.1, 0.15) is 0 Å². The number of guanidine groups is 1. The molecule has 2 rings (SSSR count). The van der Waals surface area contributed by atoms with Crippen LogP contribution in [0.2, 0.25) is 0 Å². The summed E-state index contributed by atoms with van der Waals surface area (Å²) in [6, 6.07) is 4.43. The Morgan fingerprint density at radius 1 is 1.25 bits per heavy atom. The number of carbonyl (C=O) groups excluding carboxylic acids is 1. The summed E-state index contributed by atoms with van der Waals surface area (Å²) in [5.41, 5.74) is 5.23. The summed E-state index contributed by atoms with van der Waals surface area (Å²) in [4.78, 5) is 18.3. The van der Waals surface area contributed by atoms with Crippen molar-refractivity contribution in [3.05, 3.63) is 34.4 Å². The molecule has 0 spiro atoms. The first-order valence-electron chi connectivity index (χ1n) is 8.56. The number of nitrogens with zero attached hydrogens (tertiary/aromatic N) is 2. The number of aliphatic imine (C=N–C) groups is 1. The predicted molar refractivity (Wildman–Crippen MR) is 97.2 cm³/mol. The van der Waals surface area contributed by atoms with Crippen molar-refractivity contribution in [3.63, 3.8) is 0 Å². The summed E-state index contributed by atoms with van der Waals surface area (Å²) < 4.78 is 4.85. The van der Waals surface area contributed by atoms with Crippen molar-refractivity contribution in [1.82, 2.24) is 10.2 Å². The third-order valence-electron chi connectivity index (χ3n) is 4.80. The van der Waals surface area contributed by atoms with Gasteiger partial charge in [0, 0.05) is 26.7 Å². The van der Waals surface area contributed by atoms with Crippen molar-refractivity contribution in [2.75, 3.05) is 27.2 Å². The van der Waals surface area contributed by atoms with E-state index in [1.54, 1.807) is 0 Å². The van der Waals surface area contributed by atoms with Crippen LogP contribution < -0.4 is 5.32 Å². The lowest BCUT2D eigenvalue weighted by molar-refractivity contribution is -0.146. The maximum atomic E-state index is 11.6. The molecule has 0 saturated carbocycles. The molecule has 1 saturated heterocycles. The summed E-state index contributed by atoms with van der Waals surface area (Å²) in [5.74, 6) is 0.826. The standard InChI is InChI=1S/C19H29N3O2/c1-13-10-14(2)17(15(3)11-13)12-21-19(20-4)22-8-6-16(7-9-22)18(23)24-5/h10-11,16H,6-9,12H2,1-5H3,(H,20,21). The zero-order valence-corrected chi connectivity index (χ0v) is 15.5. The third kappa shape index (κ3) is 4.28. The van der Waals surface area contributed by atoms with Crippen LogP contribution >= 0.6 is 0 Å². The van der Waals surface area contributed by atoms with Crippen molar-refractivity contribution in [1.29, 1.82) is 0 Å². The Kier molecular flexibility index (Phi) is 6.23. The summed E-state index contributed by atoms with van der Waals surface area (Å²) in [5, 5.41) is 3.47. The average Bonchev–Trinajstić information content (AvgIpc) is 2.57. The van der Waals surface area contributed by atoms with Crippen LogP contribution in [0.3, 0.4) is 0 Å². The molecule has 0 aliphatic carbocycles. The van der Waals surface area contributed by atoms with Crippen LogP contribution in [0.25, 0.3) is 0 Å². The number of rotatable bonds is 3. The van der Waals surface area contributed by atoms with E-state index in [1.807, 2.05) is 7.05 Å². The molecule has 1 aliphatic rings. The van der Waals surface area contributed by atoms with Gasteiger partial charge >= 0.3 is 5.97 Å². The highest BCUT2D eigenvalue weighted by Gasteiger charge is 2.26. The molecule has 0 bridgehead atoms. The smallest absolute Gasteiger partial charge is 0.308 e. The van der Waals surface area contributed by atoms with Gasteiger partial charge in [-0.15, -0.1) is 0 Å². The fourth-order valence-electron chi connectivity index (χ4n) is 3.48. The molecule has 24 heavy (non-hydrogen) atoms. The van der Waals surface area contributed by atoms with E-state index in [-0.39, 0.29) is 11.9 Å². The van der Waals surface area contributed by atoms with Gasteiger partial charge in [0.15, 0.2) is 5.96 Å². The second-order valence-electron chi connectivity index (χ2n) is 6.56. The van der Waals surface area contributed by atoms with Gasteiger partial charge in [-0.3, -0.25) is 9.79 Å². The maximum absolute atomic E-state index is 11.6. The van der Waals surface area contributed by atoms with Gasteiger partial charge in [0.2, 0.25) is 0 Å². The minimum atomic E-state index is -0.0940. The molecule has 1 heterocycles. The van der Waals surface area contributed by atoms with Gasteiger partial charge in [0.05, 0.1) is 13.0 Å². The third-order valence-corrected chi connectivity index (χ3v) is 4.80. The molecular formula is C19H29N3O2. The van der Waals surface area contributed by atoms with Crippen molar-refractivity contribution in [2.24, 2.45) is 10.9 Å². The summed E-state index contributed by atoms with van der Waals surface area (Å²) in [7, 11) is 3.27. The van der Waals surface area contributed by atoms with E-state index in [0.717, 1.165) is 38.4 Å². The molecular weight excluding hydrogens is 302 g/mol. The van der Waals surface area contributed by atoms with E-state index in [2.05, 4.69) is 48.1 Å². The minimum Gasteiger partial charge on any atom is -0.469 e. The second kappa shape index (κ2) is 8.18. The number of piperidine rings is 1. The molecule has 0 aromatic heterocycles. The summed E-state index contributed by atoms with van der Waals surface area (Å²) in [6.45, 7) is 8.85. The first-order chi connectivity index (χ1) is 11.5. The largest absolute Gasteiger partial charge is 0.469 e. The molecule has 0 unspecified atom stereocenters. The molecule has 1 aromatic carbocycles. The fraction of sp³-hybridized carbons (Fsp3) is 0.579. The summed E-state index contributed by atoms with van der Waals surface area (Å²) in [6.07, 6.45) is 1.63. The molecule has 1 aromatic rings. The number of benzene rings is 1. The lowest BCUT2D eigenvalue weighted by atomic mass is 9.97. The van der Waals surface area contributed by atoms with Gasteiger partial charge in [-0.05, 0) is 50.3 Å². The van der Waals surface area contributed by atoms with Gasteiger partial charge in [-0.2, -0.15) is 0 Å². The number of methoxy groups -OCH3 is 1. The van der Waals surface area contributed by atoms with Crippen molar-refractivity contribution in [2.45, 2.75) is 40.2 Å². The van der Waals surface area contributed by atoms with Crippen LogP contribution in [0.4, 0.5) is 0 Å². The zero-order chi connectivity index (χ0) is 17.7. The molecule has 5 nitrogen and oxygen atoms in total. The Bertz CT molecular complexity index is 594.